The number of benzene rings is 3. The number of hydrogen-bond donors (Lipinski definition) is 1. The van der Waals surface area contributed by atoms with Crippen molar-refractivity contribution >= 4 is 62.3 Å². The molecule has 3 aromatic rings. The molecule has 0 bridgehead atoms. The van der Waals surface area contributed by atoms with Gasteiger partial charge in [0, 0.05) is 18.1 Å². The van der Waals surface area contributed by atoms with E-state index < -0.39 is 28.5 Å². The zero-order chi connectivity index (χ0) is 30.3. The number of carbonyl (C=O) groups is 2. The van der Waals surface area contributed by atoms with E-state index in [9.17, 15) is 18.0 Å². The number of carbonyl (C=O) groups excluding carboxylic acids is 2. The number of aryl methyl sites for hydroxylation is 2. The zero-order valence-electron chi connectivity index (χ0n) is 23.5. The number of halogens is 3. The van der Waals surface area contributed by atoms with Crippen LogP contribution in [0.3, 0.4) is 0 Å². The first-order valence-corrected chi connectivity index (χ1v) is 15.8. The first-order chi connectivity index (χ1) is 19.4. The van der Waals surface area contributed by atoms with Gasteiger partial charge in [-0.3, -0.25) is 13.9 Å². The highest BCUT2D eigenvalue weighted by molar-refractivity contribution is 7.92. The predicted molar refractivity (Wildman–Crippen MR) is 166 cm³/mol. The summed E-state index contributed by atoms with van der Waals surface area (Å²) in [4.78, 5) is 28.7. The molecule has 0 aliphatic rings. The van der Waals surface area contributed by atoms with Crippen LogP contribution in [-0.4, -0.2) is 44.3 Å². The van der Waals surface area contributed by atoms with Crippen LogP contribution in [-0.2, 0) is 26.2 Å². The van der Waals surface area contributed by atoms with Gasteiger partial charge in [-0.15, -0.1) is 0 Å². The number of amides is 2. The molecule has 41 heavy (non-hydrogen) atoms. The van der Waals surface area contributed by atoms with E-state index in [0.29, 0.717) is 44.8 Å². The third-order valence-electron chi connectivity index (χ3n) is 6.59. The molecule has 0 heterocycles. The third-order valence-corrected chi connectivity index (χ3v) is 9.34. The molecule has 1 atom stereocenters. The van der Waals surface area contributed by atoms with Gasteiger partial charge in [-0.05, 0) is 80.3 Å². The lowest BCUT2D eigenvalue weighted by Crippen LogP contribution is -2.52. The molecule has 0 saturated heterocycles. The number of hydrogen-bond acceptors (Lipinski definition) is 4. The second kappa shape index (κ2) is 14.4. The summed E-state index contributed by atoms with van der Waals surface area (Å²) in [5.41, 5.74) is 2.42. The van der Waals surface area contributed by atoms with Crippen molar-refractivity contribution in [3.63, 3.8) is 0 Å². The molecule has 0 aliphatic heterocycles. The van der Waals surface area contributed by atoms with E-state index in [2.05, 4.69) is 5.32 Å². The highest BCUT2D eigenvalue weighted by atomic mass is 35.5. The van der Waals surface area contributed by atoms with Crippen LogP contribution < -0.4 is 9.62 Å². The average Bonchev–Trinajstić information content (AvgIpc) is 2.92. The summed E-state index contributed by atoms with van der Waals surface area (Å²) in [6.45, 7) is 7.24. The first-order valence-electron chi connectivity index (χ1n) is 13.3. The molecule has 11 heteroatoms. The maximum atomic E-state index is 14.1. The van der Waals surface area contributed by atoms with Gasteiger partial charge in [0.25, 0.3) is 10.0 Å². The van der Waals surface area contributed by atoms with Gasteiger partial charge < -0.3 is 10.2 Å². The van der Waals surface area contributed by atoms with E-state index in [0.717, 1.165) is 16.3 Å². The molecule has 1 unspecified atom stereocenters. The van der Waals surface area contributed by atoms with Gasteiger partial charge in [0.2, 0.25) is 11.8 Å². The number of nitrogens with zero attached hydrogens (tertiary/aromatic N) is 2. The SMILES string of the molecule is CCCNC(=O)C(CC)N(Cc1ccc(Cl)c(Cl)c1)C(=O)CN(c1ccc(Cl)cc1C)S(=O)(=O)c1ccc(C)cc1. The summed E-state index contributed by atoms with van der Waals surface area (Å²) < 4.78 is 29.1. The molecular formula is C30H34Cl3N3O4S. The molecule has 1 N–H and O–H groups in total. The molecule has 0 radical (unpaired) electrons. The summed E-state index contributed by atoms with van der Waals surface area (Å²) in [7, 11) is -4.18. The van der Waals surface area contributed by atoms with E-state index in [4.69, 9.17) is 34.8 Å². The van der Waals surface area contributed by atoms with E-state index in [1.54, 1.807) is 62.4 Å². The van der Waals surface area contributed by atoms with E-state index >= 15 is 0 Å². The van der Waals surface area contributed by atoms with Crippen molar-refractivity contribution in [1.82, 2.24) is 10.2 Å². The average molecular weight is 639 g/mol. The fourth-order valence-corrected chi connectivity index (χ4v) is 6.40. The quantitative estimate of drug-likeness (QED) is 0.237. The van der Waals surface area contributed by atoms with Crippen LogP contribution in [0.25, 0.3) is 0 Å². The van der Waals surface area contributed by atoms with Gasteiger partial charge in [-0.2, -0.15) is 0 Å². The van der Waals surface area contributed by atoms with Crippen molar-refractivity contribution in [2.45, 2.75) is 58.0 Å². The van der Waals surface area contributed by atoms with Gasteiger partial charge in [-0.25, -0.2) is 8.42 Å². The molecule has 3 aromatic carbocycles. The molecule has 0 aliphatic carbocycles. The Balaban J connectivity index is 2.10. The third kappa shape index (κ3) is 8.16. The predicted octanol–water partition coefficient (Wildman–Crippen LogP) is 6.79. The van der Waals surface area contributed by atoms with Crippen molar-refractivity contribution in [3.8, 4) is 0 Å². The van der Waals surface area contributed by atoms with Gasteiger partial charge >= 0.3 is 0 Å². The van der Waals surface area contributed by atoms with Crippen LogP contribution >= 0.6 is 34.8 Å². The smallest absolute Gasteiger partial charge is 0.264 e. The molecule has 0 spiro atoms. The standard InChI is InChI=1S/C30H34Cl3N3O4S/c1-5-15-34-30(38)27(6-2)35(18-22-9-13-25(32)26(33)17-22)29(37)19-36(28-14-10-23(31)16-21(28)4)41(39,40)24-11-7-20(3)8-12-24/h7-14,16-17,27H,5-6,15,18-19H2,1-4H3,(H,34,38). The van der Waals surface area contributed by atoms with Crippen molar-refractivity contribution in [3.05, 3.63) is 92.4 Å². The maximum Gasteiger partial charge on any atom is 0.264 e. The molecule has 0 aromatic heterocycles. The normalized spacial score (nSPS) is 12.1. The van der Waals surface area contributed by atoms with Crippen LogP contribution in [0.1, 0.15) is 43.4 Å². The zero-order valence-corrected chi connectivity index (χ0v) is 26.5. The molecule has 220 valence electrons. The number of nitrogens with one attached hydrogen (secondary N) is 1. The van der Waals surface area contributed by atoms with Crippen LogP contribution in [0.15, 0.2) is 65.6 Å². The summed E-state index contributed by atoms with van der Waals surface area (Å²) >= 11 is 18.5. The Bertz CT molecular complexity index is 1500. The molecule has 7 nitrogen and oxygen atoms in total. The summed E-state index contributed by atoms with van der Waals surface area (Å²) in [5.74, 6) is -0.877. The number of sulfonamides is 1. The largest absolute Gasteiger partial charge is 0.354 e. The van der Waals surface area contributed by atoms with Crippen molar-refractivity contribution in [2.24, 2.45) is 0 Å². The minimum atomic E-state index is -4.18. The topological polar surface area (TPSA) is 86.8 Å². The van der Waals surface area contributed by atoms with Crippen LogP contribution in [0.4, 0.5) is 5.69 Å². The van der Waals surface area contributed by atoms with Crippen molar-refractivity contribution in [1.29, 1.82) is 0 Å². The Hall–Kier alpha value is -2.78. The Labute approximate surface area is 257 Å². The Morgan fingerprint density at radius 2 is 1.59 bits per heavy atom. The first kappa shape index (κ1) is 32.7. The van der Waals surface area contributed by atoms with Crippen molar-refractivity contribution < 1.29 is 18.0 Å². The van der Waals surface area contributed by atoms with Crippen LogP contribution in [0.2, 0.25) is 15.1 Å². The van der Waals surface area contributed by atoms with Gasteiger partial charge in [0.05, 0.1) is 20.6 Å². The minimum Gasteiger partial charge on any atom is -0.354 e. The van der Waals surface area contributed by atoms with Gasteiger partial charge in [0.15, 0.2) is 0 Å². The summed E-state index contributed by atoms with van der Waals surface area (Å²) in [5, 5.41) is 3.96. The number of anilines is 1. The lowest BCUT2D eigenvalue weighted by Gasteiger charge is -2.33. The Morgan fingerprint density at radius 3 is 2.17 bits per heavy atom. The van der Waals surface area contributed by atoms with Crippen LogP contribution in [0, 0.1) is 13.8 Å². The Morgan fingerprint density at radius 1 is 0.902 bits per heavy atom. The lowest BCUT2D eigenvalue weighted by molar-refractivity contribution is -0.140. The number of rotatable bonds is 12. The molecule has 0 fully saturated rings. The monoisotopic (exact) mass is 637 g/mol. The van der Waals surface area contributed by atoms with Gasteiger partial charge in [-0.1, -0.05) is 72.4 Å². The lowest BCUT2D eigenvalue weighted by atomic mass is 10.1. The fraction of sp³-hybridized carbons (Fsp3) is 0.333. The van der Waals surface area contributed by atoms with Gasteiger partial charge in [0.1, 0.15) is 12.6 Å². The fourth-order valence-electron chi connectivity index (χ4n) is 4.37. The molecular weight excluding hydrogens is 605 g/mol. The van der Waals surface area contributed by atoms with Crippen LogP contribution in [0.5, 0.6) is 0 Å². The molecule has 0 saturated carbocycles. The molecule has 3 rings (SSSR count). The highest BCUT2D eigenvalue weighted by Crippen LogP contribution is 2.30. The molecule has 2 amide bonds. The van der Waals surface area contributed by atoms with Crippen molar-refractivity contribution in [2.75, 3.05) is 17.4 Å². The maximum absolute atomic E-state index is 14.1. The second-order valence-corrected chi connectivity index (χ2v) is 12.9. The summed E-state index contributed by atoms with van der Waals surface area (Å²) in [6.07, 6.45) is 1.04. The van der Waals surface area contributed by atoms with E-state index in [1.807, 2.05) is 13.8 Å². The van der Waals surface area contributed by atoms with E-state index in [1.165, 1.54) is 17.0 Å². The Kier molecular flexibility index (Phi) is 11.5. The second-order valence-electron chi connectivity index (χ2n) is 9.74. The summed E-state index contributed by atoms with van der Waals surface area (Å²) in [6, 6.07) is 15.3. The minimum absolute atomic E-state index is 0.0196. The highest BCUT2D eigenvalue weighted by Gasteiger charge is 2.34. The van der Waals surface area contributed by atoms with E-state index in [-0.39, 0.29) is 17.3 Å².